The second kappa shape index (κ2) is 6.92. The number of piperidine rings is 1. The number of rotatable bonds is 4. The molecule has 20 heavy (non-hydrogen) atoms. The van der Waals surface area contributed by atoms with Crippen LogP contribution in [0.25, 0.3) is 0 Å². The molecule has 0 bridgehead atoms. The van der Waals surface area contributed by atoms with Crippen molar-refractivity contribution in [2.24, 2.45) is 11.7 Å². The summed E-state index contributed by atoms with van der Waals surface area (Å²) in [7, 11) is 1.70. The van der Waals surface area contributed by atoms with Gasteiger partial charge in [-0.25, -0.2) is 0 Å². The Labute approximate surface area is 130 Å². The highest BCUT2D eigenvalue weighted by Gasteiger charge is 2.33. The van der Waals surface area contributed by atoms with Crippen LogP contribution in [0.3, 0.4) is 0 Å². The zero-order valence-electron chi connectivity index (χ0n) is 12.6. The fourth-order valence-corrected chi connectivity index (χ4v) is 3.82. The summed E-state index contributed by atoms with van der Waals surface area (Å²) in [4.78, 5) is 2.58. The first kappa shape index (κ1) is 15.8. The minimum absolute atomic E-state index is 0.413. The first-order chi connectivity index (χ1) is 9.58. The van der Waals surface area contributed by atoms with Crippen LogP contribution < -0.4 is 10.5 Å². The van der Waals surface area contributed by atoms with E-state index in [1.54, 1.807) is 7.11 Å². The van der Waals surface area contributed by atoms with E-state index in [1.807, 2.05) is 6.07 Å². The average molecular weight is 341 g/mol. The highest BCUT2D eigenvalue weighted by molar-refractivity contribution is 9.10. The zero-order chi connectivity index (χ0) is 14.7. The van der Waals surface area contributed by atoms with Crippen LogP contribution in [-0.2, 0) is 0 Å². The summed E-state index contributed by atoms with van der Waals surface area (Å²) < 4.78 is 6.35. The van der Waals surface area contributed by atoms with E-state index in [-0.39, 0.29) is 0 Å². The fraction of sp³-hybridized carbons (Fsp3) is 0.625. The number of likely N-dealkylation sites (tertiary alicyclic amines) is 1. The standard InChI is InChI=1S/C16H25BrN2O/c1-11(2)19-8-4-5-13(10-18)16(19)12-6-7-15(20-3)14(17)9-12/h6-7,9,11,13,16H,4-5,8,10,18H2,1-3H3. The van der Waals surface area contributed by atoms with Crippen molar-refractivity contribution in [2.45, 2.75) is 38.8 Å². The Hall–Kier alpha value is -0.580. The zero-order valence-corrected chi connectivity index (χ0v) is 14.2. The van der Waals surface area contributed by atoms with Gasteiger partial charge in [0, 0.05) is 12.1 Å². The largest absolute Gasteiger partial charge is 0.496 e. The molecule has 4 heteroatoms. The number of nitrogens with zero attached hydrogens (tertiary/aromatic N) is 1. The quantitative estimate of drug-likeness (QED) is 0.910. The third-order valence-electron chi connectivity index (χ3n) is 4.28. The van der Waals surface area contributed by atoms with Crippen molar-refractivity contribution in [1.29, 1.82) is 0 Å². The fourth-order valence-electron chi connectivity index (χ4n) is 3.26. The van der Waals surface area contributed by atoms with E-state index in [0.717, 1.165) is 23.3 Å². The van der Waals surface area contributed by atoms with Gasteiger partial charge in [0.1, 0.15) is 5.75 Å². The molecule has 1 aromatic rings. The lowest BCUT2D eigenvalue weighted by molar-refractivity contribution is 0.0665. The van der Waals surface area contributed by atoms with Gasteiger partial charge >= 0.3 is 0 Å². The number of benzene rings is 1. The van der Waals surface area contributed by atoms with Gasteiger partial charge in [-0.3, -0.25) is 4.90 Å². The van der Waals surface area contributed by atoms with E-state index in [4.69, 9.17) is 10.5 Å². The topological polar surface area (TPSA) is 38.5 Å². The van der Waals surface area contributed by atoms with E-state index in [0.29, 0.717) is 18.0 Å². The van der Waals surface area contributed by atoms with Gasteiger partial charge in [0.2, 0.25) is 0 Å². The molecule has 2 atom stereocenters. The molecule has 0 aromatic heterocycles. The predicted octanol–water partition coefficient (Wildman–Crippen LogP) is 3.58. The first-order valence-electron chi connectivity index (χ1n) is 7.37. The van der Waals surface area contributed by atoms with Gasteiger partial charge in [-0.05, 0) is 79.3 Å². The summed E-state index contributed by atoms with van der Waals surface area (Å²) in [6.45, 7) is 6.44. The van der Waals surface area contributed by atoms with Crippen molar-refractivity contribution in [1.82, 2.24) is 4.90 Å². The van der Waals surface area contributed by atoms with E-state index < -0.39 is 0 Å². The van der Waals surface area contributed by atoms with Crippen LogP contribution >= 0.6 is 15.9 Å². The number of hydrogen-bond acceptors (Lipinski definition) is 3. The maximum Gasteiger partial charge on any atom is 0.133 e. The molecule has 0 aliphatic carbocycles. The minimum atomic E-state index is 0.413. The molecule has 2 rings (SSSR count). The van der Waals surface area contributed by atoms with Gasteiger partial charge in [0.15, 0.2) is 0 Å². The molecule has 3 nitrogen and oxygen atoms in total. The first-order valence-corrected chi connectivity index (χ1v) is 8.17. The van der Waals surface area contributed by atoms with Crippen LogP contribution in [0.15, 0.2) is 22.7 Å². The summed E-state index contributed by atoms with van der Waals surface area (Å²) in [6, 6.07) is 7.36. The van der Waals surface area contributed by atoms with Gasteiger partial charge in [0.05, 0.1) is 11.6 Å². The second-order valence-corrected chi connectivity index (χ2v) is 6.66. The highest BCUT2D eigenvalue weighted by Crippen LogP contribution is 2.39. The molecule has 0 amide bonds. The average Bonchev–Trinajstić information content (AvgIpc) is 2.46. The third-order valence-corrected chi connectivity index (χ3v) is 4.90. The lowest BCUT2D eigenvalue weighted by atomic mass is 9.84. The van der Waals surface area contributed by atoms with Crippen molar-refractivity contribution >= 4 is 15.9 Å². The number of halogens is 1. The molecule has 1 aliphatic heterocycles. The Bertz CT molecular complexity index is 450. The smallest absolute Gasteiger partial charge is 0.133 e. The molecule has 2 unspecified atom stereocenters. The van der Waals surface area contributed by atoms with E-state index in [9.17, 15) is 0 Å². The number of ether oxygens (including phenoxy) is 1. The Morgan fingerprint density at radius 3 is 2.75 bits per heavy atom. The van der Waals surface area contributed by atoms with Crippen molar-refractivity contribution < 1.29 is 4.74 Å². The highest BCUT2D eigenvalue weighted by atomic mass is 79.9. The van der Waals surface area contributed by atoms with Crippen LogP contribution in [-0.4, -0.2) is 31.1 Å². The molecule has 1 aliphatic rings. The molecular formula is C16H25BrN2O. The maximum atomic E-state index is 6.02. The van der Waals surface area contributed by atoms with E-state index in [2.05, 4.69) is 46.8 Å². The Balaban J connectivity index is 2.35. The summed E-state index contributed by atoms with van der Waals surface area (Å²) >= 11 is 3.60. The summed E-state index contributed by atoms with van der Waals surface area (Å²) in [5.74, 6) is 1.41. The molecule has 1 aromatic carbocycles. The van der Waals surface area contributed by atoms with Gasteiger partial charge in [-0.1, -0.05) is 6.07 Å². The van der Waals surface area contributed by atoms with E-state index >= 15 is 0 Å². The van der Waals surface area contributed by atoms with Crippen molar-refractivity contribution in [3.63, 3.8) is 0 Å². The van der Waals surface area contributed by atoms with Gasteiger partial charge in [0.25, 0.3) is 0 Å². The lowest BCUT2D eigenvalue weighted by Gasteiger charge is -2.43. The number of hydrogen-bond donors (Lipinski definition) is 1. The molecule has 1 saturated heterocycles. The van der Waals surface area contributed by atoms with Crippen LogP contribution in [0.5, 0.6) is 5.75 Å². The van der Waals surface area contributed by atoms with Gasteiger partial charge in [-0.2, -0.15) is 0 Å². The van der Waals surface area contributed by atoms with Crippen molar-refractivity contribution in [3.8, 4) is 5.75 Å². The number of methoxy groups -OCH3 is 1. The summed E-state index contributed by atoms with van der Waals surface area (Å²) in [5, 5.41) is 0. The Morgan fingerprint density at radius 1 is 1.45 bits per heavy atom. The molecule has 0 radical (unpaired) electrons. The van der Waals surface area contributed by atoms with E-state index in [1.165, 1.54) is 18.4 Å². The van der Waals surface area contributed by atoms with Crippen LogP contribution in [0.2, 0.25) is 0 Å². The van der Waals surface area contributed by atoms with Crippen LogP contribution in [0, 0.1) is 5.92 Å². The molecule has 0 saturated carbocycles. The van der Waals surface area contributed by atoms with Crippen LogP contribution in [0.1, 0.15) is 38.3 Å². The Kier molecular flexibility index (Phi) is 5.47. The van der Waals surface area contributed by atoms with Gasteiger partial charge < -0.3 is 10.5 Å². The summed E-state index contributed by atoms with van der Waals surface area (Å²) in [6.07, 6.45) is 2.46. The molecule has 1 fully saturated rings. The molecular weight excluding hydrogens is 316 g/mol. The molecule has 112 valence electrons. The predicted molar refractivity (Wildman–Crippen MR) is 87.1 cm³/mol. The van der Waals surface area contributed by atoms with Crippen molar-refractivity contribution in [2.75, 3.05) is 20.2 Å². The normalized spacial score (nSPS) is 24.1. The minimum Gasteiger partial charge on any atom is -0.496 e. The lowest BCUT2D eigenvalue weighted by Crippen LogP contribution is -2.44. The van der Waals surface area contributed by atoms with Crippen LogP contribution in [0.4, 0.5) is 0 Å². The number of nitrogens with two attached hydrogens (primary N) is 1. The SMILES string of the molecule is COc1ccc(C2C(CN)CCCN2C(C)C)cc1Br. The molecule has 0 spiro atoms. The van der Waals surface area contributed by atoms with Gasteiger partial charge in [-0.15, -0.1) is 0 Å². The Morgan fingerprint density at radius 2 is 2.20 bits per heavy atom. The molecule has 1 heterocycles. The van der Waals surface area contributed by atoms with Crippen molar-refractivity contribution in [3.05, 3.63) is 28.2 Å². The second-order valence-electron chi connectivity index (χ2n) is 5.81. The summed E-state index contributed by atoms with van der Waals surface area (Å²) in [5.41, 5.74) is 7.36. The maximum absolute atomic E-state index is 6.02. The molecule has 2 N–H and O–H groups in total. The monoisotopic (exact) mass is 340 g/mol. The third kappa shape index (κ3) is 3.18.